The molecule has 248 valence electrons. The molecule has 6 nitrogen and oxygen atoms in total. The quantitative estimate of drug-likeness (QED) is 0.146. The van der Waals surface area contributed by atoms with Gasteiger partial charge in [0.2, 0.25) is 0 Å². The van der Waals surface area contributed by atoms with Gasteiger partial charge in [-0.2, -0.15) is 0 Å². The lowest BCUT2D eigenvalue weighted by Crippen LogP contribution is -2.26. The molecule has 9 rings (SSSR count). The highest BCUT2D eigenvalue weighted by Gasteiger charge is 2.51. The van der Waals surface area contributed by atoms with E-state index in [2.05, 4.69) is 96.5 Å². The van der Waals surface area contributed by atoms with Crippen LogP contribution in [0.25, 0.3) is 50.7 Å². The second kappa shape index (κ2) is 12.2. The number of benzene rings is 6. The van der Waals surface area contributed by atoms with E-state index in [0.717, 1.165) is 22.3 Å². The highest BCUT2D eigenvalue weighted by molar-refractivity contribution is 6.08. The molecule has 2 N–H and O–H groups in total. The fraction of sp³-hybridized carbons (Fsp3) is 0.0652. The van der Waals surface area contributed by atoms with Gasteiger partial charge >= 0.3 is 0 Å². The van der Waals surface area contributed by atoms with Crippen molar-refractivity contribution in [2.75, 3.05) is 0 Å². The summed E-state index contributed by atoms with van der Waals surface area (Å²) in [6, 6.07) is 50.7. The lowest BCUT2D eigenvalue weighted by Gasteiger charge is -2.31. The highest BCUT2D eigenvalue weighted by atomic mass is 15.0. The topological polar surface area (TPSA) is 89.4 Å². The lowest BCUT2D eigenvalue weighted by atomic mass is 9.70. The summed E-state index contributed by atoms with van der Waals surface area (Å²) in [6.07, 6.45) is 0. The van der Waals surface area contributed by atoms with Gasteiger partial charge in [-0.3, -0.25) is 0 Å². The summed E-state index contributed by atoms with van der Waals surface area (Å²) in [7, 11) is 0. The van der Waals surface area contributed by atoms with Crippen LogP contribution in [0.15, 0.2) is 162 Å². The van der Waals surface area contributed by atoms with Crippen molar-refractivity contribution in [1.82, 2.24) is 15.0 Å². The van der Waals surface area contributed by atoms with E-state index in [9.17, 15) is 0 Å². The van der Waals surface area contributed by atoms with Crippen molar-refractivity contribution in [3.05, 3.63) is 191 Å². The molecule has 0 saturated heterocycles. The van der Waals surface area contributed by atoms with Gasteiger partial charge in [0.25, 0.3) is 0 Å². The Hall–Kier alpha value is -6.79. The van der Waals surface area contributed by atoms with E-state index >= 15 is 0 Å². The number of hydrogen-bond acceptors (Lipinski definition) is 4. The maximum Gasteiger partial charge on any atom is 0.163 e. The fourth-order valence-corrected chi connectivity index (χ4v) is 7.89. The van der Waals surface area contributed by atoms with Crippen molar-refractivity contribution in [2.45, 2.75) is 19.3 Å². The van der Waals surface area contributed by atoms with Gasteiger partial charge in [-0.15, -0.1) is 0 Å². The normalized spacial score (nSPS) is 13.7. The van der Waals surface area contributed by atoms with E-state index in [-0.39, 0.29) is 0 Å². The number of rotatable bonds is 5. The van der Waals surface area contributed by atoms with Gasteiger partial charge in [-0.05, 0) is 76.1 Å². The third-order valence-electron chi connectivity index (χ3n) is 10.0. The Bertz CT molecular complexity index is 2570. The van der Waals surface area contributed by atoms with Gasteiger partial charge in [-0.25, -0.2) is 24.9 Å². The molecule has 0 unspecified atom stereocenters. The predicted octanol–water partition coefficient (Wildman–Crippen LogP) is 9.65. The number of fused-ring (bicyclic) bond motifs is 10. The largest absolute Gasteiger partial charge is 0.387 e. The summed E-state index contributed by atoms with van der Waals surface area (Å²) in [5, 5.41) is 0. The average molecular weight is 671 g/mol. The van der Waals surface area contributed by atoms with Gasteiger partial charge in [0, 0.05) is 16.7 Å². The molecule has 1 spiro atoms. The van der Waals surface area contributed by atoms with Crippen molar-refractivity contribution in [3.63, 3.8) is 0 Å². The first kappa shape index (κ1) is 31.2. The van der Waals surface area contributed by atoms with Crippen molar-refractivity contribution < 1.29 is 0 Å². The Balaban J connectivity index is 1.26. The summed E-state index contributed by atoms with van der Waals surface area (Å²) in [5.41, 5.74) is 19.4. The Morgan fingerprint density at radius 2 is 1.08 bits per heavy atom. The van der Waals surface area contributed by atoms with E-state index in [0.29, 0.717) is 34.8 Å². The number of nitrogens with two attached hydrogens (primary N) is 1. The van der Waals surface area contributed by atoms with Crippen LogP contribution < -0.4 is 5.73 Å². The monoisotopic (exact) mass is 670 g/mol. The Labute approximate surface area is 302 Å². The zero-order chi connectivity index (χ0) is 35.4. The SMILES string of the molecule is C=C(N=C(N=C(C)N)c1ccccc1)c1ccc2c(c1)C1(c3ccccc3-c3ccccc31)c1cc(-c3nc(C)nc(-c4ccccc4)n3)ccc1-2. The van der Waals surface area contributed by atoms with Gasteiger partial charge in [0.15, 0.2) is 17.5 Å². The standard InChI is InChI=1S/C46H34N6/c1-28(48-43(49-29(2)47)31-14-6-4-7-15-31)33-22-24-37-38-25-23-34(45-51-30(3)50-44(52-45)32-16-8-5-9-17-32)27-42(38)46(41(37)26-33)39-20-12-10-18-35(39)36-19-11-13-21-40(36)46/h4-27H,1H2,2-3H3,(H2,47,48,49). The number of aliphatic imine (C=N–C) groups is 2. The Morgan fingerprint density at radius 1 is 0.538 bits per heavy atom. The van der Waals surface area contributed by atoms with Crippen LogP contribution in [0.1, 0.15) is 46.1 Å². The van der Waals surface area contributed by atoms with E-state index in [1.165, 1.54) is 44.5 Å². The van der Waals surface area contributed by atoms with Crippen LogP contribution >= 0.6 is 0 Å². The summed E-state index contributed by atoms with van der Waals surface area (Å²) >= 11 is 0. The van der Waals surface area contributed by atoms with Crippen LogP contribution in [0.5, 0.6) is 0 Å². The van der Waals surface area contributed by atoms with Crippen molar-refractivity contribution in [1.29, 1.82) is 0 Å². The van der Waals surface area contributed by atoms with Crippen LogP contribution in [-0.2, 0) is 5.41 Å². The predicted molar refractivity (Wildman–Crippen MR) is 211 cm³/mol. The highest BCUT2D eigenvalue weighted by Crippen LogP contribution is 2.63. The molecule has 1 aromatic heterocycles. The van der Waals surface area contributed by atoms with E-state index in [4.69, 9.17) is 25.7 Å². The molecule has 2 aliphatic rings. The van der Waals surface area contributed by atoms with Crippen molar-refractivity contribution in [3.8, 4) is 45.0 Å². The molecular formula is C46H34N6. The first-order valence-electron chi connectivity index (χ1n) is 17.3. The minimum Gasteiger partial charge on any atom is -0.387 e. The molecule has 1 heterocycles. The van der Waals surface area contributed by atoms with Crippen molar-refractivity contribution in [2.24, 2.45) is 15.7 Å². The van der Waals surface area contributed by atoms with Crippen LogP contribution in [0, 0.1) is 6.92 Å². The van der Waals surface area contributed by atoms with Gasteiger partial charge in [0.05, 0.1) is 16.9 Å². The van der Waals surface area contributed by atoms with Gasteiger partial charge < -0.3 is 5.73 Å². The third kappa shape index (κ3) is 4.91. The summed E-state index contributed by atoms with van der Waals surface area (Å²) in [5.74, 6) is 2.93. The van der Waals surface area contributed by atoms with Crippen LogP contribution in [-0.4, -0.2) is 26.6 Å². The Kier molecular flexibility index (Phi) is 7.33. The first-order chi connectivity index (χ1) is 25.4. The molecule has 0 saturated carbocycles. The Morgan fingerprint density at radius 3 is 1.73 bits per heavy atom. The minimum atomic E-state index is -0.591. The lowest BCUT2D eigenvalue weighted by molar-refractivity contribution is 0.793. The van der Waals surface area contributed by atoms with E-state index in [1.54, 1.807) is 6.92 Å². The molecule has 52 heavy (non-hydrogen) atoms. The molecule has 7 aromatic rings. The third-order valence-corrected chi connectivity index (χ3v) is 10.0. The molecule has 0 radical (unpaired) electrons. The van der Waals surface area contributed by atoms with Gasteiger partial charge in [0.1, 0.15) is 5.82 Å². The molecule has 2 aliphatic carbocycles. The smallest absolute Gasteiger partial charge is 0.163 e. The summed E-state index contributed by atoms with van der Waals surface area (Å²) < 4.78 is 0. The number of hydrogen-bond donors (Lipinski definition) is 1. The molecule has 0 atom stereocenters. The van der Waals surface area contributed by atoms with Gasteiger partial charge in [-0.1, -0.05) is 140 Å². The summed E-state index contributed by atoms with van der Waals surface area (Å²) in [6.45, 7) is 8.14. The molecule has 0 fully saturated rings. The minimum absolute atomic E-state index is 0.429. The van der Waals surface area contributed by atoms with Crippen LogP contribution in [0.2, 0.25) is 0 Å². The number of aromatic nitrogens is 3. The second-order valence-corrected chi connectivity index (χ2v) is 13.3. The summed E-state index contributed by atoms with van der Waals surface area (Å²) in [4.78, 5) is 24.1. The molecule has 0 aliphatic heterocycles. The molecule has 6 aromatic carbocycles. The fourth-order valence-electron chi connectivity index (χ4n) is 7.89. The molecule has 0 amide bonds. The molecule has 0 bridgehead atoms. The van der Waals surface area contributed by atoms with Crippen LogP contribution in [0.3, 0.4) is 0 Å². The van der Waals surface area contributed by atoms with E-state index < -0.39 is 5.41 Å². The molecule has 6 heteroatoms. The maximum absolute atomic E-state index is 6.06. The average Bonchev–Trinajstić information content (AvgIpc) is 3.64. The van der Waals surface area contributed by atoms with E-state index in [1.807, 2.05) is 67.6 Å². The zero-order valence-electron chi connectivity index (χ0n) is 28.9. The van der Waals surface area contributed by atoms with Crippen molar-refractivity contribution >= 4 is 17.4 Å². The van der Waals surface area contributed by atoms with Crippen LogP contribution in [0.4, 0.5) is 0 Å². The maximum atomic E-state index is 6.06. The zero-order valence-corrected chi connectivity index (χ0v) is 28.9. The molecular weight excluding hydrogens is 637 g/mol. The number of nitrogens with zero attached hydrogens (tertiary/aromatic N) is 5. The second-order valence-electron chi connectivity index (χ2n) is 13.3. The number of amidine groups is 2. The number of aryl methyl sites for hydroxylation is 1. The first-order valence-corrected chi connectivity index (χ1v) is 17.3.